The lowest BCUT2D eigenvalue weighted by molar-refractivity contribution is 0.0981. The van der Waals surface area contributed by atoms with Crippen molar-refractivity contribution in [1.29, 1.82) is 0 Å². The van der Waals surface area contributed by atoms with E-state index in [-0.39, 0.29) is 22.2 Å². The lowest BCUT2D eigenvalue weighted by Crippen LogP contribution is -2.41. The van der Waals surface area contributed by atoms with Crippen molar-refractivity contribution in [2.75, 3.05) is 16.8 Å². The number of aromatic nitrogens is 2. The van der Waals surface area contributed by atoms with Crippen molar-refractivity contribution in [2.45, 2.75) is 49.7 Å². The fourth-order valence-electron chi connectivity index (χ4n) is 5.20. The molecular formula is C26H29N5O3S. The monoisotopic (exact) mass is 491 g/mol. The average molecular weight is 492 g/mol. The summed E-state index contributed by atoms with van der Waals surface area (Å²) in [4.78, 5) is 24.2. The summed E-state index contributed by atoms with van der Waals surface area (Å²) >= 11 is 0. The first-order chi connectivity index (χ1) is 16.7. The number of anilines is 2. The number of rotatable bonds is 1. The number of carbonyl (C=O) groups excluding carboxylic acids is 1. The van der Waals surface area contributed by atoms with Crippen LogP contribution < -0.4 is 14.9 Å². The normalized spacial score (nSPS) is 23.3. The number of nitrogens with zero attached hydrogens (tertiary/aromatic N) is 3. The highest BCUT2D eigenvalue weighted by Gasteiger charge is 2.41. The molecule has 4 heterocycles. The first-order valence-corrected chi connectivity index (χ1v) is 13.3. The second-order valence-corrected chi connectivity index (χ2v) is 11.5. The maximum atomic E-state index is 13.2. The molecule has 0 radical (unpaired) electrons. The van der Waals surface area contributed by atoms with Gasteiger partial charge in [-0.25, -0.2) is 14.7 Å². The number of sulfonamides is 1. The molecule has 1 unspecified atom stereocenters. The molecule has 2 aromatic heterocycles. The van der Waals surface area contributed by atoms with Crippen LogP contribution in [0, 0.1) is 5.92 Å². The van der Waals surface area contributed by atoms with Crippen LogP contribution in [0.15, 0.2) is 71.9 Å². The maximum absolute atomic E-state index is 13.2. The third-order valence-corrected chi connectivity index (χ3v) is 8.09. The van der Waals surface area contributed by atoms with Crippen LogP contribution in [0.1, 0.15) is 55.1 Å². The number of hydrogen-bond acceptors (Lipinski definition) is 7. The van der Waals surface area contributed by atoms with E-state index in [2.05, 4.69) is 50.9 Å². The molecule has 2 atom stereocenters. The van der Waals surface area contributed by atoms with Crippen LogP contribution in [0.4, 0.5) is 11.6 Å². The van der Waals surface area contributed by atoms with Crippen molar-refractivity contribution in [3.8, 4) is 0 Å². The van der Waals surface area contributed by atoms with Gasteiger partial charge in [-0.15, -0.1) is 0 Å². The number of carbonyl (C=O) groups is 1. The molecule has 1 aromatic carbocycles. The summed E-state index contributed by atoms with van der Waals surface area (Å²) in [6, 6.07) is 18.1. The van der Waals surface area contributed by atoms with Crippen LogP contribution in [0.3, 0.4) is 0 Å². The summed E-state index contributed by atoms with van der Waals surface area (Å²) < 4.78 is 28.4. The molecule has 182 valence electrons. The Kier molecular flexibility index (Phi) is 5.96. The molecule has 0 spiro atoms. The Labute approximate surface area is 205 Å². The Hall–Kier alpha value is -3.46. The number of amides is 1. The van der Waals surface area contributed by atoms with Crippen LogP contribution in [-0.4, -0.2) is 36.4 Å². The number of hydrogen-bond donors (Lipinski definition) is 2. The van der Waals surface area contributed by atoms with E-state index in [1.54, 1.807) is 30.5 Å². The van der Waals surface area contributed by atoms with E-state index >= 15 is 0 Å². The van der Waals surface area contributed by atoms with E-state index in [1.165, 1.54) is 6.07 Å². The van der Waals surface area contributed by atoms with Gasteiger partial charge in [0.2, 0.25) is 0 Å². The van der Waals surface area contributed by atoms with E-state index in [0.717, 1.165) is 31.4 Å². The third kappa shape index (κ3) is 4.73. The van der Waals surface area contributed by atoms with E-state index < -0.39 is 15.9 Å². The molecule has 2 N–H and O–H groups in total. The van der Waals surface area contributed by atoms with Gasteiger partial charge in [0.05, 0.1) is 11.6 Å². The van der Waals surface area contributed by atoms with Crippen molar-refractivity contribution in [3.05, 3.63) is 78.0 Å². The van der Waals surface area contributed by atoms with Gasteiger partial charge in [0.15, 0.2) is 5.03 Å². The molecule has 1 saturated heterocycles. The smallest absolute Gasteiger partial charge is 0.281 e. The lowest BCUT2D eigenvalue weighted by Gasteiger charge is -2.33. The quantitative estimate of drug-likeness (QED) is 0.527. The second kappa shape index (κ2) is 8.96. The van der Waals surface area contributed by atoms with Gasteiger partial charge in [-0.05, 0) is 68.9 Å². The van der Waals surface area contributed by atoms with Gasteiger partial charge in [0, 0.05) is 18.3 Å². The highest BCUT2D eigenvalue weighted by Crippen LogP contribution is 2.40. The highest BCUT2D eigenvalue weighted by atomic mass is 32.2. The molecule has 0 aliphatic carbocycles. The first kappa shape index (κ1) is 23.3. The topological polar surface area (TPSA) is 104 Å². The number of benzene rings is 1. The average Bonchev–Trinajstić information content (AvgIpc) is 3.15. The van der Waals surface area contributed by atoms with E-state index in [1.807, 2.05) is 18.2 Å². The number of nitrogens with one attached hydrogen (secondary N) is 2. The Balaban J connectivity index is 1.60. The molecule has 4 bridgehead atoms. The van der Waals surface area contributed by atoms with Crippen molar-refractivity contribution in [3.63, 3.8) is 0 Å². The Morgan fingerprint density at radius 3 is 2.60 bits per heavy atom. The summed E-state index contributed by atoms with van der Waals surface area (Å²) in [6.07, 6.45) is 4.39. The Morgan fingerprint density at radius 2 is 1.80 bits per heavy atom. The summed E-state index contributed by atoms with van der Waals surface area (Å²) in [7, 11) is -4.19. The molecule has 9 heteroatoms. The van der Waals surface area contributed by atoms with Crippen LogP contribution in [0.25, 0.3) is 0 Å². The largest absolute Gasteiger partial charge is 0.363 e. The fraction of sp³-hybridized carbons (Fsp3) is 0.346. The van der Waals surface area contributed by atoms with Crippen LogP contribution in [0.2, 0.25) is 0 Å². The van der Waals surface area contributed by atoms with Gasteiger partial charge in [-0.1, -0.05) is 36.4 Å². The molecule has 3 aromatic rings. The zero-order valence-electron chi connectivity index (χ0n) is 19.8. The van der Waals surface area contributed by atoms with Gasteiger partial charge < -0.3 is 10.2 Å². The Bertz CT molecular complexity index is 1340. The third-order valence-electron chi connectivity index (χ3n) is 6.86. The molecule has 1 fully saturated rings. The second-order valence-electron chi connectivity index (χ2n) is 9.85. The van der Waals surface area contributed by atoms with Gasteiger partial charge in [0.25, 0.3) is 15.9 Å². The highest BCUT2D eigenvalue weighted by molar-refractivity contribution is 7.90. The van der Waals surface area contributed by atoms with Crippen LogP contribution >= 0.6 is 0 Å². The summed E-state index contributed by atoms with van der Waals surface area (Å²) in [5.41, 5.74) is 1.11. The molecule has 8 nitrogen and oxygen atoms in total. The minimum absolute atomic E-state index is 0.0380. The molecule has 0 saturated carbocycles. The molecule has 35 heavy (non-hydrogen) atoms. The standard InChI is InChI=1S/C26H29N5O3S/c1-26(2)16-18-13-14-21(19-8-4-3-5-9-19)28-22-11-6-12-23(29-22)35(33,34)30-25(32)20-10-7-15-27-24(20)31(26)17-18/h3-12,15,18,21H,13-14,16-17H2,1-2H3,(H,28,29)(H,30,32)/t18-,21?/m0/s1. The molecular weight excluding hydrogens is 462 g/mol. The van der Waals surface area contributed by atoms with E-state index in [9.17, 15) is 13.2 Å². The summed E-state index contributed by atoms with van der Waals surface area (Å²) in [5.74, 6) is 0.621. The van der Waals surface area contributed by atoms with Gasteiger partial charge in [-0.2, -0.15) is 8.42 Å². The van der Waals surface area contributed by atoms with E-state index in [4.69, 9.17) is 0 Å². The van der Waals surface area contributed by atoms with Crippen LogP contribution in [-0.2, 0) is 10.0 Å². The predicted molar refractivity (Wildman–Crippen MR) is 135 cm³/mol. The van der Waals surface area contributed by atoms with Crippen LogP contribution in [0.5, 0.6) is 0 Å². The van der Waals surface area contributed by atoms with Gasteiger partial charge in [0.1, 0.15) is 11.6 Å². The van der Waals surface area contributed by atoms with Crippen molar-refractivity contribution >= 4 is 27.6 Å². The predicted octanol–water partition coefficient (Wildman–Crippen LogP) is 4.15. The molecule has 5 rings (SSSR count). The maximum Gasteiger partial charge on any atom is 0.281 e. The zero-order valence-corrected chi connectivity index (χ0v) is 20.6. The molecule has 2 aliphatic heterocycles. The van der Waals surface area contributed by atoms with Crippen molar-refractivity contribution < 1.29 is 13.2 Å². The summed E-state index contributed by atoms with van der Waals surface area (Å²) in [6.45, 7) is 5.03. The Morgan fingerprint density at radius 1 is 1.00 bits per heavy atom. The fourth-order valence-corrected chi connectivity index (χ4v) is 6.14. The minimum atomic E-state index is -4.19. The van der Waals surface area contributed by atoms with Crippen molar-refractivity contribution in [1.82, 2.24) is 14.7 Å². The number of pyridine rings is 2. The zero-order chi connectivity index (χ0) is 24.6. The SMILES string of the molecule is CC1(C)C[C@@H]2CCC(c3ccccc3)Nc3cccc(n3)S(=O)(=O)NC(=O)c3cccnc3N1C2. The molecule has 2 aliphatic rings. The molecule has 1 amide bonds. The first-order valence-electron chi connectivity index (χ1n) is 11.8. The summed E-state index contributed by atoms with van der Waals surface area (Å²) in [5, 5.41) is 3.22. The van der Waals surface area contributed by atoms with E-state index in [0.29, 0.717) is 17.6 Å². The minimum Gasteiger partial charge on any atom is -0.363 e. The van der Waals surface area contributed by atoms with Gasteiger partial charge >= 0.3 is 0 Å². The number of fused-ring (bicyclic) bond motifs is 6. The van der Waals surface area contributed by atoms with Gasteiger partial charge in [-0.3, -0.25) is 4.79 Å². The van der Waals surface area contributed by atoms with Crippen molar-refractivity contribution in [2.24, 2.45) is 5.92 Å². The lowest BCUT2D eigenvalue weighted by atomic mass is 9.90.